The highest BCUT2D eigenvalue weighted by Gasteiger charge is 2.33. The smallest absolute Gasteiger partial charge is 0.265 e. The van der Waals surface area contributed by atoms with E-state index in [4.69, 9.17) is 23.4 Å². The summed E-state index contributed by atoms with van der Waals surface area (Å²) in [5.74, 6) is 1.86. The van der Waals surface area contributed by atoms with E-state index in [1.807, 2.05) is 30.3 Å². The molecule has 134 valence electrons. The lowest BCUT2D eigenvalue weighted by Crippen LogP contribution is -2.53. The Balaban J connectivity index is 2.16. The van der Waals surface area contributed by atoms with Gasteiger partial charge in [-0.25, -0.2) is 0 Å². The maximum absolute atomic E-state index is 12.8. The van der Waals surface area contributed by atoms with Crippen molar-refractivity contribution < 1.29 is 14.3 Å². The van der Waals surface area contributed by atoms with Gasteiger partial charge in [-0.2, -0.15) is 0 Å². The number of terminal acetylenes is 1. The van der Waals surface area contributed by atoms with E-state index < -0.39 is 11.8 Å². The van der Waals surface area contributed by atoms with E-state index in [1.54, 1.807) is 12.1 Å². The first kappa shape index (κ1) is 18.4. The van der Waals surface area contributed by atoms with E-state index in [0.717, 1.165) is 10.8 Å². The minimum atomic E-state index is -0.554. The van der Waals surface area contributed by atoms with Gasteiger partial charge in [0.2, 0.25) is 0 Å². The first-order chi connectivity index (χ1) is 13.1. The quantitative estimate of drug-likeness (QED) is 0.287. The molecule has 27 heavy (non-hydrogen) atoms. The number of nitrogens with one attached hydrogen (secondary N) is 1. The molecule has 0 aliphatic carbocycles. The summed E-state index contributed by atoms with van der Waals surface area (Å²) in [4.78, 5) is 26.5. The summed E-state index contributed by atoms with van der Waals surface area (Å²) in [6.07, 6.45) is 8.35. The maximum atomic E-state index is 12.8. The number of amides is 2. The van der Waals surface area contributed by atoms with Crippen molar-refractivity contribution in [3.05, 3.63) is 60.2 Å². The van der Waals surface area contributed by atoms with E-state index in [-0.39, 0.29) is 23.8 Å². The summed E-state index contributed by atoms with van der Waals surface area (Å²) in [5.41, 5.74) is 0.570. The number of thiocarbonyl (C=S) groups is 1. The van der Waals surface area contributed by atoms with Crippen molar-refractivity contribution in [2.24, 2.45) is 0 Å². The molecular weight excluding hydrogens is 360 g/mol. The van der Waals surface area contributed by atoms with Crippen LogP contribution in [-0.2, 0) is 9.59 Å². The number of nitrogens with zero attached hydrogens (tertiary/aromatic N) is 1. The van der Waals surface area contributed by atoms with Crippen molar-refractivity contribution in [1.82, 2.24) is 10.2 Å². The van der Waals surface area contributed by atoms with Gasteiger partial charge in [-0.05, 0) is 35.1 Å². The molecule has 6 heteroatoms. The summed E-state index contributed by atoms with van der Waals surface area (Å²) in [7, 11) is 0. The van der Waals surface area contributed by atoms with Gasteiger partial charge < -0.3 is 4.74 Å². The van der Waals surface area contributed by atoms with Gasteiger partial charge in [0, 0.05) is 12.1 Å². The van der Waals surface area contributed by atoms with Crippen molar-refractivity contribution in [1.29, 1.82) is 0 Å². The molecule has 2 aromatic rings. The Bertz CT molecular complexity index is 1030. The van der Waals surface area contributed by atoms with Gasteiger partial charge >= 0.3 is 0 Å². The highest BCUT2D eigenvalue weighted by atomic mass is 32.1. The van der Waals surface area contributed by atoms with Gasteiger partial charge in [0.1, 0.15) is 17.9 Å². The largest absolute Gasteiger partial charge is 0.480 e. The van der Waals surface area contributed by atoms with Crippen LogP contribution in [0.15, 0.2) is 54.6 Å². The van der Waals surface area contributed by atoms with Crippen LogP contribution in [0.4, 0.5) is 0 Å². The highest BCUT2D eigenvalue weighted by Crippen LogP contribution is 2.31. The Hall–Kier alpha value is -3.43. The highest BCUT2D eigenvalue weighted by molar-refractivity contribution is 7.80. The van der Waals surface area contributed by atoms with Crippen LogP contribution in [0.3, 0.4) is 0 Å². The standard InChI is InChI=1S/C21H16N2O3S/c1-3-11-23-20(25)17(19(24)22-21(23)27)13-16-15-8-6-5-7-14(15)9-10-18(16)26-12-4-2/h2-3,5-10,13H,1,11-12H2,(H,22,24,27)/b17-13+. The van der Waals surface area contributed by atoms with Crippen LogP contribution in [0.5, 0.6) is 5.75 Å². The fourth-order valence-corrected chi connectivity index (χ4v) is 3.05. The predicted molar refractivity (Wildman–Crippen MR) is 109 cm³/mol. The number of rotatable bonds is 5. The molecule has 1 N–H and O–H groups in total. The Labute approximate surface area is 162 Å². The van der Waals surface area contributed by atoms with E-state index in [1.165, 1.54) is 11.0 Å². The van der Waals surface area contributed by atoms with E-state index in [2.05, 4.69) is 17.8 Å². The second kappa shape index (κ2) is 7.85. The summed E-state index contributed by atoms with van der Waals surface area (Å²) < 4.78 is 5.62. The summed E-state index contributed by atoms with van der Waals surface area (Å²) in [5, 5.41) is 4.37. The topological polar surface area (TPSA) is 58.6 Å². The molecule has 0 atom stereocenters. The molecule has 1 aliphatic rings. The SMILES string of the molecule is C#CCOc1ccc2ccccc2c1/C=C1\C(=O)NC(=S)N(CC=C)C1=O. The second-order valence-corrected chi connectivity index (χ2v) is 6.10. The molecule has 0 aromatic heterocycles. The second-order valence-electron chi connectivity index (χ2n) is 5.71. The number of hydrogen-bond donors (Lipinski definition) is 1. The molecule has 0 saturated carbocycles. The minimum absolute atomic E-state index is 0.0349. The van der Waals surface area contributed by atoms with Crippen LogP contribution < -0.4 is 10.1 Å². The molecule has 3 rings (SSSR count). The lowest BCUT2D eigenvalue weighted by atomic mass is 10.00. The van der Waals surface area contributed by atoms with Crippen molar-refractivity contribution in [3.63, 3.8) is 0 Å². The first-order valence-electron chi connectivity index (χ1n) is 8.14. The fourth-order valence-electron chi connectivity index (χ4n) is 2.80. The van der Waals surface area contributed by atoms with Gasteiger partial charge in [0.05, 0.1) is 0 Å². The van der Waals surface area contributed by atoms with Gasteiger partial charge in [-0.15, -0.1) is 13.0 Å². The molecule has 0 radical (unpaired) electrons. The van der Waals surface area contributed by atoms with Crippen LogP contribution in [0, 0.1) is 12.3 Å². The Morgan fingerprint density at radius 2 is 2.04 bits per heavy atom. The number of fused-ring (bicyclic) bond motifs is 1. The predicted octanol–water partition coefficient (Wildman–Crippen LogP) is 2.66. The third-order valence-corrected chi connectivity index (χ3v) is 4.35. The van der Waals surface area contributed by atoms with Crippen molar-refractivity contribution in [2.45, 2.75) is 0 Å². The van der Waals surface area contributed by atoms with Crippen molar-refractivity contribution >= 4 is 46.0 Å². The normalized spacial score (nSPS) is 15.6. The van der Waals surface area contributed by atoms with Crippen LogP contribution in [0.1, 0.15) is 5.56 Å². The Kier molecular flexibility index (Phi) is 5.34. The van der Waals surface area contributed by atoms with Gasteiger partial charge in [0.15, 0.2) is 5.11 Å². The summed E-state index contributed by atoms with van der Waals surface area (Å²) in [6, 6.07) is 11.3. The minimum Gasteiger partial charge on any atom is -0.480 e. The van der Waals surface area contributed by atoms with Gasteiger partial charge in [0.25, 0.3) is 11.8 Å². The molecule has 1 fully saturated rings. The van der Waals surface area contributed by atoms with E-state index in [0.29, 0.717) is 11.3 Å². The molecule has 1 aliphatic heterocycles. The van der Waals surface area contributed by atoms with Gasteiger partial charge in [-0.1, -0.05) is 42.3 Å². The Morgan fingerprint density at radius 1 is 1.26 bits per heavy atom. The zero-order chi connectivity index (χ0) is 19.4. The lowest BCUT2D eigenvalue weighted by Gasteiger charge is -2.28. The molecule has 1 saturated heterocycles. The number of benzene rings is 2. The molecule has 1 heterocycles. The monoisotopic (exact) mass is 376 g/mol. The van der Waals surface area contributed by atoms with Crippen LogP contribution in [0.25, 0.3) is 16.8 Å². The zero-order valence-corrected chi connectivity index (χ0v) is 15.2. The van der Waals surface area contributed by atoms with Crippen LogP contribution in [-0.4, -0.2) is 35.0 Å². The first-order valence-corrected chi connectivity index (χ1v) is 8.55. The molecule has 2 amide bonds. The molecule has 0 unspecified atom stereocenters. The van der Waals surface area contributed by atoms with Crippen LogP contribution in [0.2, 0.25) is 0 Å². The number of carbonyl (C=O) groups is 2. The molecule has 5 nitrogen and oxygen atoms in total. The average molecular weight is 376 g/mol. The summed E-state index contributed by atoms with van der Waals surface area (Å²) in [6.45, 7) is 3.89. The lowest BCUT2D eigenvalue weighted by molar-refractivity contribution is -0.128. The number of ether oxygens (including phenoxy) is 1. The Morgan fingerprint density at radius 3 is 2.78 bits per heavy atom. The molecule has 0 bridgehead atoms. The fraction of sp³-hybridized carbons (Fsp3) is 0.0952. The molecular formula is C21H16N2O3S. The third-order valence-electron chi connectivity index (χ3n) is 4.03. The van der Waals surface area contributed by atoms with E-state index in [9.17, 15) is 9.59 Å². The van der Waals surface area contributed by atoms with Gasteiger partial charge in [-0.3, -0.25) is 19.8 Å². The third kappa shape index (κ3) is 3.59. The van der Waals surface area contributed by atoms with Crippen molar-refractivity contribution in [2.75, 3.05) is 13.2 Å². The maximum Gasteiger partial charge on any atom is 0.265 e. The van der Waals surface area contributed by atoms with Crippen LogP contribution >= 0.6 is 12.2 Å². The molecule has 2 aromatic carbocycles. The van der Waals surface area contributed by atoms with E-state index >= 15 is 0 Å². The zero-order valence-electron chi connectivity index (χ0n) is 14.4. The summed E-state index contributed by atoms with van der Waals surface area (Å²) >= 11 is 5.08. The average Bonchev–Trinajstić information content (AvgIpc) is 2.67. The number of hydrogen-bond acceptors (Lipinski definition) is 4. The number of carbonyl (C=O) groups excluding carboxylic acids is 2. The molecule has 0 spiro atoms. The van der Waals surface area contributed by atoms with Crippen molar-refractivity contribution in [3.8, 4) is 18.1 Å².